The highest BCUT2D eigenvalue weighted by Crippen LogP contribution is 2.26. The molecule has 0 aliphatic rings. The topological polar surface area (TPSA) is 64.4 Å². The number of furan rings is 1. The van der Waals surface area contributed by atoms with Gasteiger partial charge in [-0.05, 0) is 31.2 Å². The minimum atomic E-state index is -0.131. The predicted octanol–water partition coefficient (Wildman–Crippen LogP) is 3.98. The monoisotopic (exact) mass is 328 g/mol. The van der Waals surface area contributed by atoms with Crippen molar-refractivity contribution in [3.8, 4) is 16.5 Å². The first-order valence-electron chi connectivity index (χ1n) is 7.26. The van der Waals surface area contributed by atoms with E-state index in [-0.39, 0.29) is 12.3 Å². The van der Waals surface area contributed by atoms with Gasteiger partial charge in [-0.25, -0.2) is 4.98 Å². The molecule has 3 rings (SSSR count). The molecular weight excluding hydrogens is 312 g/mol. The lowest BCUT2D eigenvalue weighted by molar-refractivity contribution is -0.115. The van der Waals surface area contributed by atoms with Crippen LogP contribution in [0.3, 0.4) is 0 Å². The quantitative estimate of drug-likeness (QED) is 0.743. The van der Waals surface area contributed by atoms with Crippen LogP contribution in [0.2, 0.25) is 0 Å². The van der Waals surface area contributed by atoms with Crippen LogP contribution in [0.1, 0.15) is 12.6 Å². The van der Waals surface area contributed by atoms with Gasteiger partial charge in [-0.3, -0.25) is 4.79 Å². The molecule has 0 radical (unpaired) electrons. The van der Waals surface area contributed by atoms with Gasteiger partial charge in [0, 0.05) is 5.38 Å². The molecule has 0 saturated heterocycles. The van der Waals surface area contributed by atoms with Crippen LogP contribution in [0, 0.1) is 0 Å². The standard InChI is InChI=1S/C17H16N2O3S/c1-2-21-14-7-4-3-6-13(14)19-16(20)10-12-11-23-17(18-12)15-8-5-9-22-15/h3-9,11H,2,10H2,1H3,(H,19,20). The van der Waals surface area contributed by atoms with E-state index in [1.165, 1.54) is 11.3 Å². The summed E-state index contributed by atoms with van der Waals surface area (Å²) < 4.78 is 10.8. The molecule has 0 spiro atoms. The Bertz CT molecular complexity index is 781. The van der Waals surface area contributed by atoms with Gasteiger partial charge < -0.3 is 14.5 Å². The lowest BCUT2D eigenvalue weighted by Gasteiger charge is -2.10. The second-order valence-corrected chi connectivity index (χ2v) is 5.63. The van der Waals surface area contributed by atoms with Crippen LogP contribution in [0.25, 0.3) is 10.8 Å². The number of anilines is 1. The van der Waals surface area contributed by atoms with Crippen molar-refractivity contribution in [3.05, 3.63) is 53.7 Å². The van der Waals surface area contributed by atoms with Crippen molar-refractivity contribution < 1.29 is 13.9 Å². The highest BCUT2D eigenvalue weighted by molar-refractivity contribution is 7.13. The molecule has 0 saturated carbocycles. The minimum Gasteiger partial charge on any atom is -0.492 e. The molecule has 3 aromatic rings. The van der Waals surface area contributed by atoms with E-state index in [1.54, 1.807) is 6.26 Å². The van der Waals surface area contributed by atoms with E-state index in [2.05, 4.69) is 10.3 Å². The maximum atomic E-state index is 12.2. The molecule has 0 bridgehead atoms. The summed E-state index contributed by atoms with van der Waals surface area (Å²) in [4.78, 5) is 16.6. The number of carbonyl (C=O) groups is 1. The molecule has 118 valence electrons. The highest BCUT2D eigenvalue weighted by atomic mass is 32.1. The number of nitrogens with zero attached hydrogens (tertiary/aromatic N) is 1. The van der Waals surface area contributed by atoms with Gasteiger partial charge in [0.25, 0.3) is 0 Å². The van der Waals surface area contributed by atoms with Crippen LogP contribution >= 0.6 is 11.3 Å². The Morgan fingerprint density at radius 3 is 2.96 bits per heavy atom. The molecule has 1 aromatic carbocycles. The summed E-state index contributed by atoms with van der Waals surface area (Å²) in [7, 11) is 0. The Morgan fingerprint density at radius 2 is 2.17 bits per heavy atom. The van der Waals surface area contributed by atoms with E-state index in [9.17, 15) is 4.79 Å². The number of amides is 1. The van der Waals surface area contributed by atoms with Crippen molar-refractivity contribution in [1.29, 1.82) is 0 Å². The number of ether oxygens (including phenoxy) is 1. The molecule has 23 heavy (non-hydrogen) atoms. The molecule has 0 unspecified atom stereocenters. The fourth-order valence-electron chi connectivity index (χ4n) is 2.11. The maximum absolute atomic E-state index is 12.2. The largest absolute Gasteiger partial charge is 0.492 e. The Labute approximate surface area is 137 Å². The van der Waals surface area contributed by atoms with Gasteiger partial charge in [0.1, 0.15) is 5.75 Å². The average Bonchev–Trinajstić information content (AvgIpc) is 3.20. The summed E-state index contributed by atoms with van der Waals surface area (Å²) in [6.07, 6.45) is 1.81. The Balaban J connectivity index is 1.66. The van der Waals surface area contributed by atoms with Crippen LogP contribution in [0.4, 0.5) is 5.69 Å². The van der Waals surface area contributed by atoms with Crippen molar-refractivity contribution in [3.63, 3.8) is 0 Å². The molecule has 5 nitrogen and oxygen atoms in total. The van der Waals surface area contributed by atoms with Gasteiger partial charge in [-0.2, -0.15) is 0 Å². The van der Waals surface area contributed by atoms with Crippen molar-refractivity contribution in [2.75, 3.05) is 11.9 Å². The van der Waals surface area contributed by atoms with Crippen LogP contribution in [-0.4, -0.2) is 17.5 Å². The Morgan fingerprint density at radius 1 is 1.30 bits per heavy atom. The fourth-order valence-corrected chi connectivity index (χ4v) is 2.90. The van der Waals surface area contributed by atoms with Crippen molar-refractivity contribution >= 4 is 22.9 Å². The van der Waals surface area contributed by atoms with E-state index < -0.39 is 0 Å². The maximum Gasteiger partial charge on any atom is 0.230 e. The predicted molar refractivity (Wildman–Crippen MR) is 89.8 cm³/mol. The third-order valence-corrected chi connectivity index (χ3v) is 3.99. The molecule has 2 heterocycles. The number of para-hydroxylation sites is 2. The Kier molecular flexibility index (Phi) is 4.73. The molecule has 0 aliphatic heterocycles. The molecule has 0 aliphatic carbocycles. The number of rotatable bonds is 6. The summed E-state index contributed by atoms with van der Waals surface area (Å²) in [6, 6.07) is 11.0. The first-order chi connectivity index (χ1) is 11.3. The molecule has 0 atom stereocenters. The van der Waals surface area contributed by atoms with Gasteiger partial charge in [0.2, 0.25) is 5.91 Å². The molecule has 2 aromatic heterocycles. The van der Waals surface area contributed by atoms with Gasteiger partial charge in [-0.1, -0.05) is 12.1 Å². The fraction of sp³-hybridized carbons (Fsp3) is 0.176. The molecule has 0 fully saturated rings. The summed E-state index contributed by atoms with van der Waals surface area (Å²) >= 11 is 1.46. The van der Waals surface area contributed by atoms with E-state index in [4.69, 9.17) is 9.15 Å². The number of thiazole rings is 1. The van der Waals surface area contributed by atoms with Gasteiger partial charge in [-0.15, -0.1) is 11.3 Å². The zero-order valence-corrected chi connectivity index (χ0v) is 13.4. The molecular formula is C17H16N2O3S. The lowest BCUT2D eigenvalue weighted by atomic mass is 10.2. The Hall–Kier alpha value is -2.60. The van der Waals surface area contributed by atoms with Crippen LogP contribution in [-0.2, 0) is 11.2 Å². The van der Waals surface area contributed by atoms with E-state index in [0.717, 1.165) is 5.01 Å². The zero-order valence-electron chi connectivity index (χ0n) is 12.6. The van der Waals surface area contributed by atoms with Crippen molar-refractivity contribution in [1.82, 2.24) is 4.98 Å². The summed E-state index contributed by atoms with van der Waals surface area (Å²) in [6.45, 7) is 2.45. The van der Waals surface area contributed by atoms with Crippen LogP contribution in [0.5, 0.6) is 5.75 Å². The number of nitrogens with one attached hydrogen (secondary N) is 1. The number of hydrogen-bond acceptors (Lipinski definition) is 5. The minimum absolute atomic E-state index is 0.131. The molecule has 1 N–H and O–H groups in total. The van der Waals surface area contributed by atoms with E-state index in [1.807, 2.05) is 48.7 Å². The van der Waals surface area contributed by atoms with Crippen molar-refractivity contribution in [2.45, 2.75) is 13.3 Å². The van der Waals surface area contributed by atoms with Gasteiger partial charge >= 0.3 is 0 Å². The van der Waals surface area contributed by atoms with Crippen LogP contribution < -0.4 is 10.1 Å². The van der Waals surface area contributed by atoms with Gasteiger partial charge in [0.05, 0.1) is 30.7 Å². The SMILES string of the molecule is CCOc1ccccc1NC(=O)Cc1csc(-c2ccco2)n1. The zero-order chi connectivity index (χ0) is 16.1. The number of aromatic nitrogens is 1. The number of hydrogen-bond donors (Lipinski definition) is 1. The summed E-state index contributed by atoms with van der Waals surface area (Å²) in [5, 5.41) is 5.50. The number of benzene rings is 1. The molecule has 1 amide bonds. The van der Waals surface area contributed by atoms with Gasteiger partial charge in [0.15, 0.2) is 10.8 Å². The van der Waals surface area contributed by atoms with E-state index >= 15 is 0 Å². The lowest BCUT2D eigenvalue weighted by Crippen LogP contribution is -2.15. The molecule has 6 heteroatoms. The van der Waals surface area contributed by atoms with Crippen LogP contribution in [0.15, 0.2) is 52.5 Å². The van der Waals surface area contributed by atoms with E-state index in [0.29, 0.717) is 29.5 Å². The normalized spacial score (nSPS) is 10.5. The first kappa shape index (κ1) is 15.3. The van der Waals surface area contributed by atoms with Crippen molar-refractivity contribution in [2.24, 2.45) is 0 Å². The first-order valence-corrected chi connectivity index (χ1v) is 8.14. The third-order valence-electron chi connectivity index (χ3n) is 3.09. The highest BCUT2D eigenvalue weighted by Gasteiger charge is 2.12. The smallest absolute Gasteiger partial charge is 0.230 e. The summed E-state index contributed by atoms with van der Waals surface area (Å²) in [5.74, 6) is 1.25. The average molecular weight is 328 g/mol. The second kappa shape index (κ2) is 7.11. The number of carbonyl (C=O) groups excluding carboxylic acids is 1. The summed E-state index contributed by atoms with van der Waals surface area (Å²) in [5.41, 5.74) is 1.38. The second-order valence-electron chi connectivity index (χ2n) is 4.78. The third kappa shape index (κ3) is 3.78.